The third-order valence-electron chi connectivity index (χ3n) is 0.636. The van der Waals surface area contributed by atoms with Crippen molar-refractivity contribution in [3.63, 3.8) is 0 Å². The van der Waals surface area contributed by atoms with Crippen molar-refractivity contribution in [1.29, 1.82) is 0 Å². The Bertz CT molecular complexity index is 29.6. The van der Waals surface area contributed by atoms with Crippen LogP contribution in [0.5, 0.6) is 0 Å². The van der Waals surface area contributed by atoms with Gasteiger partial charge in [0.15, 0.2) is 0 Å². The van der Waals surface area contributed by atoms with E-state index in [1.807, 2.05) is 6.92 Å². The van der Waals surface area contributed by atoms with Crippen molar-refractivity contribution in [3.05, 3.63) is 0 Å². The van der Waals surface area contributed by atoms with Crippen molar-refractivity contribution in [3.8, 4) is 0 Å². The van der Waals surface area contributed by atoms with Gasteiger partial charge in [0.05, 0.1) is 13.2 Å². The van der Waals surface area contributed by atoms with E-state index in [4.69, 9.17) is 9.47 Å². The molecular weight excluding hydrogens is 244 g/mol. The van der Waals surface area contributed by atoms with E-state index in [1.165, 1.54) is 0 Å². The average Bonchev–Trinajstić information content (AvgIpc) is 1.69. The molecule has 0 aromatic rings. The van der Waals surface area contributed by atoms with E-state index in [1.54, 1.807) is 7.11 Å². The number of ether oxygens (including phenoxy) is 2. The van der Waals surface area contributed by atoms with E-state index in [9.17, 15) is 0 Å². The predicted molar refractivity (Wildman–Crippen MR) is 28.4 cm³/mol. The van der Waals surface area contributed by atoms with Gasteiger partial charge in [0.1, 0.15) is 0 Å². The molecule has 0 bridgehead atoms. The summed E-state index contributed by atoms with van der Waals surface area (Å²) in [5.41, 5.74) is 0. The molecule has 0 rings (SSSR count). The normalized spacial score (nSPS) is 8.25. The zero-order valence-electron chi connectivity index (χ0n) is 5.32. The van der Waals surface area contributed by atoms with Gasteiger partial charge in [-0.05, 0) is 6.92 Å². The fourth-order valence-corrected chi connectivity index (χ4v) is 0.287. The number of hydrogen-bond acceptors (Lipinski definition) is 2. The maximum atomic E-state index is 4.95. The van der Waals surface area contributed by atoms with E-state index in [2.05, 4.69) is 0 Å². The zero-order chi connectivity index (χ0) is 5.54. The van der Waals surface area contributed by atoms with Gasteiger partial charge in [-0.25, -0.2) is 0 Å². The third kappa shape index (κ3) is 10.5. The van der Waals surface area contributed by atoms with Crippen LogP contribution in [-0.4, -0.2) is 26.9 Å². The Labute approximate surface area is 91.5 Å². The van der Waals surface area contributed by atoms with Crippen LogP contribution in [0.15, 0.2) is 0 Å². The van der Waals surface area contributed by atoms with Gasteiger partial charge in [-0.1, -0.05) is 0 Å². The van der Waals surface area contributed by atoms with Crippen LogP contribution in [0.1, 0.15) is 6.92 Å². The van der Waals surface area contributed by atoms with Crippen LogP contribution in [0, 0.1) is 49.4 Å². The first kappa shape index (κ1) is 12.2. The van der Waals surface area contributed by atoms with Gasteiger partial charge in [-0.2, -0.15) is 0 Å². The van der Waals surface area contributed by atoms with Crippen LogP contribution in [-0.2, 0) is 9.47 Å². The molecule has 0 aliphatic rings. The molecule has 0 unspecified atom stereocenters. The molecule has 0 N–H and O–H groups in total. The monoisotopic (exact) mass is 257 g/mol. The first-order valence-corrected chi connectivity index (χ1v) is 2.48. The quantitative estimate of drug-likeness (QED) is 0.688. The molecule has 0 fully saturated rings. The van der Waals surface area contributed by atoms with Crippen LogP contribution in [0.2, 0.25) is 0 Å². The standard InChI is InChI=1S/C5H12O2.Eu/c1-3-7-5-4-6-2;/h3-5H2,1-2H3;. The van der Waals surface area contributed by atoms with Gasteiger partial charge in [0, 0.05) is 63.1 Å². The Kier molecular flexibility index (Phi) is 17.3. The van der Waals surface area contributed by atoms with Crippen LogP contribution in [0.25, 0.3) is 0 Å². The topological polar surface area (TPSA) is 18.5 Å². The summed E-state index contributed by atoms with van der Waals surface area (Å²) in [6.45, 7) is 4.17. The molecule has 0 aromatic carbocycles. The van der Waals surface area contributed by atoms with E-state index < -0.39 is 0 Å². The summed E-state index contributed by atoms with van der Waals surface area (Å²) in [4.78, 5) is 0. The van der Waals surface area contributed by atoms with Crippen LogP contribution >= 0.6 is 0 Å². The predicted octanol–water partition coefficient (Wildman–Crippen LogP) is 0.669. The van der Waals surface area contributed by atoms with Crippen molar-refractivity contribution in [2.75, 3.05) is 26.9 Å². The average molecular weight is 256 g/mol. The summed E-state index contributed by atoms with van der Waals surface area (Å²) < 4.78 is 9.67. The molecule has 8 heavy (non-hydrogen) atoms. The molecule has 0 aliphatic carbocycles. The van der Waals surface area contributed by atoms with Crippen molar-refractivity contribution >= 4 is 0 Å². The van der Waals surface area contributed by atoms with E-state index in [-0.39, 0.29) is 49.4 Å². The first-order chi connectivity index (χ1) is 3.41. The Balaban J connectivity index is 0. The second kappa shape index (κ2) is 11.3. The van der Waals surface area contributed by atoms with Gasteiger partial charge in [0.25, 0.3) is 0 Å². The molecule has 0 amide bonds. The Morgan fingerprint density at radius 1 is 1.25 bits per heavy atom. The summed E-state index contributed by atoms with van der Waals surface area (Å²) in [7, 11) is 1.67. The third-order valence-corrected chi connectivity index (χ3v) is 0.636. The van der Waals surface area contributed by atoms with E-state index >= 15 is 0 Å². The molecule has 1 radical (unpaired) electrons. The molecule has 2 nitrogen and oxygen atoms in total. The van der Waals surface area contributed by atoms with Gasteiger partial charge >= 0.3 is 0 Å². The largest absolute Gasteiger partial charge is 0.382 e. The van der Waals surface area contributed by atoms with Gasteiger partial charge in [0.2, 0.25) is 0 Å². The SMILES string of the molecule is CCOCCOC.[Eu]. The molecule has 0 atom stereocenters. The maximum absolute atomic E-state index is 4.95. The fourth-order valence-electron chi connectivity index (χ4n) is 0.287. The fraction of sp³-hybridized carbons (Fsp3) is 1.00. The zero-order valence-corrected chi connectivity index (χ0v) is 7.74. The van der Waals surface area contributed by atoms with Crippen LogP contribution < -0.4 is 0 Å². The van der Waals surface area contributed by atoms with E-state index in [0.717, 1.165) is 6.61 Å². The molecule has 0 aliphatic heterocycles. The smallest absolute Gasteiger partial charge is 0.0700 e. The van der Waals surface area contributed by atoms with Crippen molar-refractivity contribution in [2.24, 2.45) is 0 Å². The summed E-state index contributed by atoms with van der Waals surface area (Å²) in [5.74, 6) is 0. The minimum atomic E-state index is 0. The number of hydrogen-bond donors (Lipinski definition) is 0. The summed E-state index contributed by atoms with van der Waals surface area (Å²) >= 11 is 0. The molecule has 3 heteroatoms. The first-order valence-electron chi connectivity index (χ1n) is 2.48. The van der Waals surface area contributed by atoms with Crippen molar-refractivity contribution in [1.82, 2.24) is 0 Å². The second-order valence-corrected chi connectivity index (χ2v) is 1.19. The molecular formula is C5H12EuO2. The minimum Gasteiger partial charge on any atom is -0.382 e. The van der Waals surface area contributed by atoms with Gasteiger partial charge < -0.3 is 9.47 Å². The molecule has 0 heterocycles. The number of rotatable bonds is 4. The van der Waals surface area contributed by atoms with Crippen molar-refractivity contribution < 1.29 is 58.9 Å². The van der Waals surface area contributed by atoms with Gasteiger partial charge in [-0.3, -0.25) is 0 Å². The summed E-state index contributed by atoms with van der Waals surface area (Å²) in [6.07, 6.45) is 0. The Morgan fingerprint density at radius 2 is 1.88 bits per heavy atom. The minimum absolute atomic E-state index is 0. The Morgan fingerprint density at radius 3 is 2.25 bits per heavy atom. The van der Waals surface area contributed by atoms with Crippen LogP contribution in [0.4, 0.5) is 0 Å². The molecule has 0 aromatic heterocycles. The van der Waals surface area contributed by atoms with E-state index in [0.29, 0.717) is 13.2 Å². The summed E-state index contributed by atoms with van der Waals surface area (Å²) in [5, 5.41) is 0. The van der Waals surface area contributed by atoms with Crippen LogP contribution in [0.3, 0.4) is 0 Å². The number of methoxy groups -OCH3 is 1. The Hall–Kier alpha value is 1.50. The summed E-state index contributed by atoms with van der Waals surface area (Å²) in [6, 6.07) is 0. The van der Waals surface area contributed by atoms with Gasteiger partial charge in [-0.15, -0.1) is 0 Å². The van der Waals surface area contributed by atoms with Crippen molar-refractivity contribution in [2.45, 2.75) is 6.92 Å². The molecule has 0 saturated heterocycles. The molecule has 0 saturated carbocycles. The maximum Gasteiger partial charge on any atom is 0.0700 e. The molecule has 51 valence electrons. The molecule has 0 spiro atoms. The second-order valence-electron chi connectivity index (χ2n) is 1.19.